The Kier molecular flexibility index (Phi) is 4.40. The average Bonchev–Trinajstić information content (AvgIpc) is 3.37. The summed E-state index contributed by atoms with van der Waals surface area (Å²) >= 11 is 0. The summed E-state index contributed by atoms with van der Waals surface area (Å²) in [7, 11) is 0. The molecular weight excluding hydrogens is 314 g/mol. The zero-order chi connectivity index (χ0) is 17.3. The summed E-state index contributed by atoms with van der Waals surface area (Å²) in [4.78, 5) is 28.6. The van der Waals surface area contributed by atoms with E-state index in [-0.39, 0.29) is 17.4 Å². The molecule has 5 nitrogen and oxygen atoms in total. The van der Waals surface area contributed by atoms with Crippen molar-refractivity contribution in [3.63, 3.8) is 0 Å². The fourth-order valence-electron chi connectivity index (χ4n) is 4.79. The third-order valence-electron chi connectivity index (χ3n) is 6.11. The SMILES string of the molecule is O=C(CCNC(=O)N1CC2(CCCC2)c2ccccc21)N1CCCC1. The zero-order valence-corrected chi connectivity index (χ0v) is 14.8. The number of fused-ring (bicyclic) bond motifs is 2. The van der Waals surface area contributed by atoms with Crippen LogP contribution in [0.15, 0.2) is 24.3 Å². The summed E-state index contributed by atoms with van der Waals surface area (Å²) in [6, 6.07) is 8.26. The Labute approximate surface area is 149 Å². The minimum atomic E-state index is -0.0644. The maximum atomic E-state index is 12.7. The van der Waals surface area contributed by atoms with Crippen LogP contribution >= 0.6 is 0 Å². The van der Waals surface area contributed by atoms with Crippen molar-refractivity contribution in [2.45, 2.75) is 50.4 Å². The first-order chi connectivity index (χ1) is 12.2. The zero-order valence-electron chi connectivity index (χ0n) is 14.8. The number of carbonyl (C=O) groups is 2. The van der Waals surface area contributed by atoms with Gasteiger partial charge in [-0.3, -0.25) is 9.69 Å². The van der Waals surface area contributed by atoms with E-state index in [9.17, 15) is 9.59 Å². The number of likely N-dealkylation sites (tertiary alicyclic amines) is 1. The molecule has 1 N–H and O–H groups in total. The summed E-state index contributed by atoms with van der Waals surface area (Å²) in [5.41, 5.74) is 2.53. The number of nitrogens with one attached hydrogen (secondary N) is 1. The minimum Gasteiger partial charge on any atom is -0.343 e. The fourth-order valence-corrected chi connectivity index (χ4v) is 4.79. The van der Waals surface area contributed by atoms with Gasteiger partial charge >= 0.3 is 6.03 Å². The summed E-state index contributed by atoms with van der Waals surface area (Å²) < 4.78 is 0. The number of rotatable bonds is 3. The number of benzene rings is 1. The molecule has 0 bridgehead atoms. The molecule has 25 heavy (non-hydrogen) atoms. The Morgan fingerprint density at radius 2 is 1.76 bits per heavy atom. The third kappa shape index (κ3) is 3.00. The molecule has 134 valence electrons. The summed E-state index contributed by atoms with van der Waals surface area (Å²) in [6.45, 7) is 2.93. The Morgan fingerprint density at radius 1 is 1.04 bits per heavy atom. The van der Waals surface area contributed by atoms with E-state index in [1.54, 1.807) is 0 Å². The van der Waals surface area contributed by atoms with Gasteiger partial charge in [-0.15, -0.1) is 0 Å². The van der Waals surface area contributed by atoms with Gasteiger partial charge in [0.1, 0.15) is 0 Å². The van der Waals surface area contributed by atoms with Crippen LogP contribution in [-0.2, 0) is 10.2 Å². The predicted octanol–water partition coefficient (Wildman–Crippen LogP) is 3.04. The Morgan fingerprint density at radius 3 is 2.52 bits per heavy atom. The molecule has 2 aliphatic heterocycles. The Hall–Kier alpha value is -2.04. The largest absolute Gasteiger partial charge is 0.343 e. The van der Waals surface area contributed by atoms with E-state index in [1.807, 2.05) is 15.9 Å². The van der Waals surface area contributed by atoms with E-state index in [0.717, 1.165) is 38.2 Å². The van der Waals surface area contributed by atoms with Gasteiger partial charge in [-0.2, -0.15) is 0 Å². The molecule has 1 saturated heterocycles. The van der Waals surface area contributed by atoms with Crippen molar-refractivity contribution in [1.29, 1.82) is 0 Å². The van der Waals surface area contributed by atoms with E-state index in [4.69, 9.17) is 0 Å². The van der Waals surface area contributed by atoms with Gasteiger partial charge in [0, 0.05) is 43.7 Å². The second-order valence-corrected chi connectivity index (χ2v) is 7.66. The number of anilines is 1. The molecule has 1 saturated carbocycles. The maximum absolute atomic E-state index is 12.7. The van der Waals surface area contributed by atoms with Crippen LogP contribution in [0.1, 0.15) is 50.5 Å². The molecule has 2 fully saturated rings. The van der Waals surface area contributed by atoms with Gasteiger partial charge in [-0.1, -0.05) is 31.0 Å². The van der Waals surface area contributed by atoms with E-state index in [1.165, 1.54) is 31.2 Å². The lowest BCUT2D eigenvalue weighted by atomic mass is 9.81. The van der Waals surface area contributed by atoms with Gasteiger partial charge in [0.25, 0.3) is 0 Å². The second kappa shape index (κ2) is 6.70. The lowest BCUT2D eigenvalue weighted by Gasteiger charge is -2.25. The molecule has 0 aromatic heterocycles. The number of urea groups is 1. The number of hydrogen-bond donors (Lipinski definition) is 1. The smallest absolute Gasteiger partial charge is 0.321 e. The number of carbonyl (C=O) groups excluding carboxylic acids is 2. The first-order valence-corrected chi connectivity index (χ1v) is 9.62. The highest BCUT2D eigenvalue weighted by molar-refractivity contribution is 5.95. The van der Waals surface area contributed by atoms with Gasteiger partial charge in [-0.25, -0.2) is 4.79 Å². The number of para-hydroxylation sites is 1. The van der Waals surface area contributed by atoms with Crippen molar-refractivity contribution >= 4 is 17.6 Å². The number of hydrogen-bond acceptors (Lipinski definition) is 2. The molecule has 0 unspecified atom stereocenters. The molecule has 1 aromatic carbocycles. The Bertz CT molecular complexity index is 661. The molecule has 3 amide bonds. The van der Waals surface area contributed by atoms with Gasteiger partial charge in [0.05, 0.1) is 0 Å². The quantitative estimate of drug-likeness (QED) is 0.919. The first kappa shape index (κ1) is 16.4. The highest BCUT2D eigenvalue weighted by Gasteiger charge is 2.45. The molecule has 0 radical (unpaired) electrons. The lowest BCUT2D eigenvalue weighted by Crippen LogP contribution is -2.43. The summed E-state index contributed by atoms with van der Waals surface area (Å²) in [5, 5.41) is 2.97. The van der Waals surface area contributed by atoms with Crippen LogP contribution in [0.2, 0.25) is 0 Å². The van der Waals surface area contributed by atoms with Crippen molar-refractivity contribution < 1.29 is 9.59 Å². The molecule has 1 aromatic rings. The highest BCUT2D eigenvalue weighted by atomic mass is 16.2. The number of nitrogens with zero attached hydrogens (tertiary/aromatic N) is 2. The van der Waals surface area contributed by atoms with E-state index in [0.29, 0.717) is 13.0 Å². The Balaban J connectivity index is 1.38. The van der Waals surface area contributed by atoms with Crippen molar-refractivity contribution in [3.05, 3.63) is 29.8 Å². The molecule has 3 aliphatic rings. The van der Waals surface area contributed by atoms with E-state index < -0.39 is 0 Å². The normalized spacial score (nSPS) is 21.0. The topological polar surface area (TPSA) is 52.7 Å². The monoisotopic (exact) mass is 341 g/mol. The van der Waals surface area contributed by atoms with E-state index >= 15 is 0 Å². The highest BCUT2D eigenvalue weighted by Crippen LogP contribution is 2.50. The minimum absolute atomic E-state index is 0.0644. The van der Waals surface area contributed by atoms with Crippen molar-refractivity contribution in [2.24, 2.45) is 0 Å². The van der Waals surface area contributed by atoms with Crippen molar-refractivity contribution in [3.8, 4) is 0 Å². The molecule has 1 spiro atoms. The first-order valence-electron chi connectivity index (χ1n) is 9.62. The van der Waals surface area contributed by atoms with Crippen LogP contribution in [-0.4, -0.2) is 43.0 Å². The summed E-state index contributed by atoms with van der Waals surface area (Å²) in [6.07, 6.45) is 7.42. The molecule has 1 aliphatic carbocycles. The molecule has 0 atom stereocenters. The van der Waals surface area contributed by atoms with Gasteiger partial charge < -0.3 is 10.2 Å². The number of amides is 3. The molecule has 4 rings (SSSR count). The standard InChI is InChI=1S/C20H27N3O2/c24-18(22-13-5-6-14-22)9-12-21-19(25)23-15-20(10-3-4-11-20)16-7-1-2-8-17(16)23/h1-2,7-8H,3-6,9-15H2,(H,21,25). The molecule has 5 heteroatoms. The van der Waals surface area contributed by atoms with Crippen LogP contribution in [0, 0.1) is 0 Å². The van der Waals surface area contributed by atoms with Gasteiger partial charge in [0.15, 0.2) is 0 Å². The van der Waals surface area contributed by atoms with Crippen LogP contribution in [0.25, 0.3) is 0 Å². The average molecular weight is 341 g/mol. The van der Waals surface area contributed by atoms with E-state index in [2.05, 4.69) is 23.5 Å². The van der Waals surface area contributed by atoms with Crippen molar-refractivity contribution in [2.75, 3.05) is 31.1 Å². The second-order valence-electron chi connectivity index (χ2n) is 7.66. The fraction of sp³-hybridized carbons (Fsp3) is 0.600. The van der Waals surface area contributed by atoms with Crippen LogP contribution in [0.3, 0.4) is 0 Å². The van der Waals surface area contributed by atoms with Crippen LogP contribution in [0.5, 0.6) is 0 Å². The lowest BCUT2D eigenvalue weighted by molar-refractivity contribution is -0.129. The van der Waals surface area contributed by atoms with Gasteiger partial charge in [-0.05, 0) is 37.3 Å². The van der Waals surface area contributed by atoms with Gasteiger partial charge in [0.2, 0.25) is 5.91 Å². The maximum Gasteiger partial charge on any atom is 0.321 e. The predicted molar refractivity (Wildman–Crippen MR) is 97.8 cm³/mol. The summed E-state index contributed by atoms with van der Waals surface area (Å²) in [5.74, 6) is 0.159. The molecular formula is C20H27N3O2. The third-order valence-corrected chi connectivity index (χ3v) is 6.11. The van der Waals surface area contributed by atoms with Crippen LogP contribution in [0.4, 0.5) is 10.5 Å². The molecule has 2 heterocycles. The van der Waals surface area contributed by atoms with Crippen LogP contribution < -0.4 is 10.2 Å². The van der Waals surface area contributed by atoms with Crippen molar-refractivity contribution in [1.82, 2.24) is 10.2 Å².